The molecule has 230 valence electrons. The van der Waals surface area contributed by atoms with Gasteiger partial charge in [0.2, 0.25) is 5.91 Å². The second-order valence-electron chi connectivity index (χ2n) is 12.1. The van der Waals surface area contributed by atoms with Crippen molar-refractivity contribution in [1.82, 2.24) is 4.90 Å². The highest BCUT2D eigenvalue weighted by Crippen LogP contribution is 2.62. The zero-order chi connectivity index (χ0) is 32.2. The van der Waals surface area contributed by atoms with Gasteiger partial charge in [-0.05, 0) is 91.2 Å². The summed E-state index contributed by atoms with van der Waals surface area (Å²) in [6.07, 6.45) is 3.72. The van der Waals surface area contributed by atoms with Crippen molar-refractivity contribution in [3.63, 3.8) is 0 Å². The van der Waals surface area contributed by atoms with Crippen molar-refractivity contribution >= 4 is 35.2 Å². The number of Topliss-reactive ketones (excluding diaryl/α,β-unsaturated/α-hetero) is 2. The Bertz CT molecular complexity index is 1910. The van der Waals surface area contributed by atoms with Crippen LogP contribution in [0.3, 0.4) is 0 Å². The zero-order valence-corrected chi connectivity index (χ0v) is 25.6. The molecule has 0 unspecified atom stereocenters. The van der Waals surface area contributed by atoms with Gasteiger partial charge in [-0.2, -0.15) is 0 Å². The lowest BCUT2D eigenvalue weighted by atomic mass is 9.62. The van der Waals surface area contributed by atoms with Crippen LogP contribution >= 0.6 is 0 Å². The number of amides is 1. The van der Waals surface area contributed by atoms with Gasteiger partial charge in [0, 0.05) is 29.9 Å². The van der Waals surface area contributed by atoms with Crippen molar-refractivity contribution in [2.75, 3.05) is 5.32 Å². The highest BCUT2D eigenvalue weighted by atomic mass is 16.5. The molecule has 0 radical (unpaired) electrons. The number of para-hydroxylation sites is 1. The molecule has 1 saturated heterocycles. The molecule has 7 rings (SSSR count). The highest BCUT2D eigenvalue weighted by molar-refractivity contribution is 6.16. The maximum absolute atomic E-state index is 15.0. The van der Waals surface area contributed by atoms with Crippen LogP contribution in [0.15, 0.2) is 103 Å². The third-order valence-electron chi connectivity index (χ3n) is 9.03. The minimum atomic E-state index is -1.43. The molecule has 3 aliphatic heterocycles. The Morgan fingerprint density at radius 3 is 2.13 bits per heavy atom. The number of hydrogen-bond donors (Lipinski definition) is 1. The van der Waals surface area contributed by atoms with E-state index < -0.39 is 29.4 Å². The standard InChI is InChI=1S/C38H32N2O6/c1-22(2)45-27-16-12-25(13-17-27)34(42)32-33(35(43)26-14-18-28(19-15-26)46-23(3)41)40-21-20-24-8-4-5-9-29(24)36(40)38(32)30-10-6-7-11-31(30)39-37(38)44/h4-22,32-33,36H,1-3H3,(H,39,44)/t32-,33-,36-,38-/m1/s1. The Hall–Kier alpha value is -5.50. The number of hydrogen-bond acceptors (Lipinski definition) is 7. The maximum Gasteiger partial charge on any atom is 0.308 e. The number of fused-ring (bicyclic) bond motifs is 6. The average Bonchev–Trinajstić information content (AvgIpc) is 3.52. The number of nitrogens with one attached hydrogen (secondary N) is 1. The molecule has 1 amide bonds. The van der Waals surface area contributed by atoms with Crippen molar-refractivity contribution in [1.29, 1.82) is 0 Å². The predicted octanol–water partition coefficient (Wildman–Crippen LogP) is 6.38. The third kappa shape index (κ3) is 4.52. The van der Waals surface area contributed by atoms with Gasteiger partial charge in [-0.3, -0.25) is 19.2 Å². The predicted molar refractivity (Wildman–Crippen MR) is 173 cm³/mol. The van der Waals surface area contributed by atoms with E-state index >= 15 is 0 Å². The van der Waals surface area contributed by atoms with E-state index in [1.807, 2.05) is 79.6 Å². The van der Waals surface area contributed by atoms with E-state index in [-0.39, 0.29) is 23.6 Å². The number of benzene rings is 4. The second kappa shape index (κ2) is 11.1. The minimum Gasteiger partial charge on any atom is -0.491 e. The van der Waals surface area contributed by atoms with Crippen LogP contribution < -0.4 is 14.8 Å². The van der Waals surface area contributed by atoms with E-state index in [0.717, 1.165) is 11.1 Å². The lowest BCUT2D eigenvalue weighted by Gasteiger charge is -2.38. The summed E-state index contributed by atoms with van der Waals surface area (Å²) in [4.78, 5) is 57.7. The molecular weight excluding hydrogens is 580 g/mol. The molecule has 8 heteroatoms. The average molecular weight is 613 g/mol. The van der Waals surface area contributed by atoms with Gasteiger partial charge in [-0.1, -0.05) is 42.5 Å². The van der Waals surface area contributed by atoms with E-state index in [1.165, 1.54) is 6.92 Å². The van der Waals surface area contributed by atoms with Crippen molar-refractivity contribution in [3.8, 4) is 11.5 Å². The summed E-state index contributed by atoms with van der Waals surface area (Å²) >= 11 is 0. The molecule has 3 aliphatic rings. The summed E-state index contributed by atoms with van der Waals surface area (Å²) in [7, 11) is 0. The molecule has 0 aliphatic carbocycles. The fraction of sp³-hybridized carbons (Fsp3) is 0.211. The molecule has 4 aromatic rings. The first kappa shape index (κ1) is 29.2. The Balaban J connectivity index is 1.44. The zero-order valence-electron chi connectivity index (χ0n) is 25.6. The summed E-state index contributed by atoms with van der Waals surface area (Å²) in [5.41, 5.74) is 2.35. The van der Waals surface area contributed by atoms with Crippen LogP contribution in [0.2, 0.25) is 0 Å². The van der Waals surface area contributed by atoms with E-state index in [4.69, 9.17) is 9.47 Å². The lowest BCUT2D eigenvalue weighted by Crippen LogP contribution is -2.49. The van der Waals surface area contributed by atoms with Gasteiger partial charge >= 0.3 is 5.97 Å². The van der Waals surface area contributed by atoms with Crippen molar-refractivity contribution < 1.29 is 28.7 Å². The molecular formula is C38H32N2O6. The smallest absolute Gasteiger partial charge is 0.308 e. The largest absolute Gasteiger partial charge is 0.491 e. The number of carbonyl (C=O) groups is 4. The summed E-state index contributed by atoms with van der Waals surface area (Å²) in [6, 6.07) is 26.7. The first-order valence-electron chi connectivity index (χ1n) is 15.3. The highest BCUT2D eigenvalue weighted by Gasteiger charge is 2.70. The fourth-order valence-electron chi connectivity index (χ4n) is 7.34. The van der Waals surface area contributed by atoms with Gasteiger partial charge in [-0.15, -0.1) is 0 Å². The van der Waals surface area contributed by atoms with E-state index in [2.05, 4.69) is 5.32 Å². The summed E-state index contributed by atoms with van der Waals surface area (Å²) in [5, 5.41) is 3.06. The Kier molecular flexibility index (Phi) is 7.08. The Labute approximate surface area is 266 Å². The van der Waals surface area contributed by atoms with E-state index in [9.17, 15) is 19.2 Å². The SMILES string of the molecule is CC(=O)Oc1ccc(C(=O)[C@H]2[C@H](C(=O)c3ccc(OC(C)C)cc3)[C@@]3(C(=O)Nc4ccccc43)[C@H]3c4ccccc4C=CN23)cc1. The van der Waals surface area contributed by atoms with E-state index in [0.29, 0.717) is 33.9 Å². The molecule has 1 spiro atoms. The normalized spacial score (nSPS) is 22.2. The molecule has 1 fully saturated rings. The molecule has 0 aromatic heterocycles. The van der Waals surface area contributed by atoms with Crippen LogP contribution in [0.25, 0.3) is 6.08 Å². The fourth-order valence-corrected chi connectivity index (χ4v) is 7.34. The van der Waals surface area contributed by atoms with Crippen LogP contribution in [0.5, 0.6) is 11.5 Å². The van der Waals surface area contributed by atoms with Crippen molar-refractivity contribution in [2.24, 2.45) is 5.92 Å². The van der Waals surface area contributed by atoms with Gasteiger partial charge < -0.3 is 19.7 Å². The van der Waals surface area contributed by atoms with E-state index in [1.54, 1.807) is 48.5 Å². The first-order chi connectivity index (χ1) is 22.2. The molecule has 0 saturated carbocycles. The number of ketones is 2. The number of nitrogens with zero attached hydrogens (tertiary/aromatic N) is 1. The molecule has 4 aromatic carbocycles. The summed E-state index contributed by atoms with van der Waals surface area (Å²) in [5.74, 6) is -1.63. The second-order valence-corrected chi connectivity index (χ2v) is 12.1. The number of esters is 1. The molecule has 4 atom stereocenters. The van der Waals surface area contributed by atoms with Crippen LogP contribution in [-0.2, 0) is 15.0 Å². The van der Waals surface area contributed by atoms with Gasteiger partial charge in [0.25, 0.3) is 0 Å². The summed E-state index contributed by atoms with van der Waals surface area (Å²) < 4.78 is 11.0. The number of carbonyl (C=O) groups excluding carboxylic acids is 4. The monoisotopic (exact) mass is 612 g/mol. The first-order valence-corrected chi connectivity index (χ1v) is 15.3. The minimum absolute atomic E-state index is 0.0460. The van der Waals surface area contributed by atoms with Crippen molar-refractivity contribution in [3.05, 3.63) is 131 Å². The van der Waals surface area contributed by atoms with Gasteiger partial charge in [0.1, 0.15) is 23.0 Å². The number of anilines is 1. The third-order valence-corrected chi connectivity index (χ3v) is 9.03. The van der Waals surface area contributed by atoms with Crippen LogP contribution in [-0.4, -0.2) is 40.5 Å². The lowest BCUT2D eigenvalue weighted by molar-refractivity contribution is -0.131. The van der Waals surface area contributed by atoms with Crippen molar-refractivity contribution in [2.45, 2.75) is 44.4 Å². The quantitative estimate of drug-likeness (QED) is 0.147. The Morgan fingerprint density at radius 1 is 0.804 bits per heavy atom. The molecule has 0 bridgehead atoms. The Morgan fingerprint density at radius 2 is 1.43 bits per heavy atom. The molecule has 46 heavy (non-hydrogen) atoms. The number of ether oxygens (including phenoxy) is 2. The topological polar surface area (TPSA) is 102 Å². The molecule has 1 N–H and O–H groups in total. The molecule has 8 nitrogen and oxygen atoms in total. The van der Waals surface area contributed by atoms with Crippen LogP contribution in [0.1, 0.15) is 64.2 Å². The maximum atomic E-state index is 15.0. The van der Waals surface area contributed by atoms with Gasteiger partial charge in [-0.25, -0.2) is 0 Å². The number of rotatable bonds is 7. The van der Waals surface area contributed by atoms with Crippen LogP contribution in [0.4, 0.5) is 5.69 Å². The van der Waals surface area contributed by atoms with Gasteiger partial charge in [0.05, 0.1) is 18.1 Å². The molecule has 3 heterocycles. The van der Waals surface area contributed by atoms with Crippen LogP contribution in [0, 0.1) is 5.92 Å². The summed E-state index contributed by atoms with van der Waals surface area (Å²) in [6.45, 7) is 5.15. The van der Waals surface area contributed by atoms with Gasteiger partial charge in [0.15, 0.2) is 11.6 Å².